The first-order valence-corrected chi connectivity index (χ1v) is 10.5. The number of allylic oxidation sites excluding steroid dienone is 1. The van der Waals surface area contributed by atoms with E-state index >= 15 is 0 Å². The molecule has 4 heteroatoms. The van der Waals surface area contributed by atoms with Crippen LogP contribution in [0.3, 0.4) is 0 Å². The Morgan fingerprint density at radius 2 is 1.50 bits per heavy atom. The molecule has 2 saturated heterocycles. The van der Waals surface area contributed by atoms with Crippen molar-refractivity contribution < 1.29 is 4.79 Å². The number of rotatable bonds is 5. The summed E-state index contributed by atoms with van der Waals surface area (Å²) < 4.78 is 0. The first kappa shape index (κ1) is 21.6. The van der Waals surface area contributed by atoms with Gasteiger partial charge < -0.3 is 0 Å². The smallest absolute Gasteiger partial charge is 0.155 e. The average Bonchev–Trinajstić information content (AvgIpc) is 2.53. The van der Waals surface area contributed by atoms with Crippen molar-refractivity contribution in [3.05, 3.63) is 12.2 Å². The van der Waals surface area contributed by atoms with E-state index in [1.54, 1.807) is 6.08 Å². The van der Waals surface area contributed by atoms with Crippen LogP contribution < -0.4 is 0 Å². The summed E-state index contributed by atoms with van der Waals surface area (Å²) >= 11 is 0. The first-order chi connectivity index (χ1) is 12.0. The van der Waals surface area contributed by atoms with Crippen molar-refractivity contribution >= 4 is 5.78 Å². The van der Waals surface area contributed by atoms with E-state index in [1.807, 2.05) is 0 Å². The summed E-state index contributed by atoms with van der Waals surface area (Å²) in [6, 6.07) is 0.750. The van der Waals surface area contributed by atoms with Gasteiger partial charge in [-0.15, -0.1) is 0 Å². The minimum Gasteiger partial charge on any atom is -0.300 e. The molecule has 0 aromatic rings. The molecule has 2 fully saturated rings. The number of ketones is 1. The van der Waals surface area contributed by atoms with Gasteiger partial charge in [0.05, 0.1) is 0 Å². The third kappa shape index (κ3) is 7.13. The van der Waals surface area contributed by atoms with Crippen molar-refractivity contribution in [2.75, 3.05) is 45.8 Å². The lowest BCUT2D eigenvalue weighted by molar-refractivity contribution is -0.116. The molecule has 0 N–H and O–H groups in total. The zero-order valence-corrected chi connectivity index (χ0v) is 18.1. The monoisotopic (exact) mass is 363 g/mol. The van der Waals surface area contributed by atoms with E-state index in [1.165, 1.54) is 39.0 Å². The zero-order valence-electron chi connectivity index (χ0n) is 18.1. The molecular weight excluding hydrogens is 322 g/mol. The number of carbonyl (C=O) groups excluding carboxylic acids is 1. The molecule has 0 bridgehead atoms. The van der Waals surface area contributed by atoms with Crippen LogP contribution in [0.25, 0.3) is 0 Å². The average molecular weight is 364 g/mol. The molecule has 2 heterocycles. The van der Waals surface area contributed by atoms with E-state index in [0.717, 1.165) is 25.7 Å². The fourth-order valence-corrected chi connectivity index (χ4v) is 4.14. The van der Waals surface area contributed by atoms with Gasteiger partial charge in [-0.25, -0.2) is 0 Å². The Labute approximate surface area is 161 Å². The van der Waals surface area contributed by atoms with Crippen molar-refractivity contribution in [1.29, 1.82) is 0 Å². The normalized spacial score (nSPS) is 23.0. The summed E-state index contributed by atoms with van der Waals surface area (Å²) in [5.74, 6) is 0.254. The van der Waals surface area contributed by atoms with E-state index in [9.17, 15) is 4.79 Å². The molecule has 0 saturated carbocycles. The number of likely N-dealkylation sites (tertiary alicyclic amines) is 1. The van der Waals surface area contributed by atoms with Gasteiger partial charge >= 0.3 is 0 Å². The fraction of sp³-hybridized carbons (Fsp3) is 0.864. The summed E-state index contributed by atoms with van der Waals surface area (Å²) in [6.07, 6.45) is 7.02. The van der Waals surface area contributed by atoms with Gasteiger partial charge in [0.25, 0.3) is 0 Å². The lowest BCUT2D eigenvalue weighted by Crippen LogP contribution is -2.57. The zero-order chi connectivity index (χ0) is 19.4. The van der Waals surface area contributed by atoms with Crippen LogP contribution in [0, 0.1) is 5.41 Å². The Hall–Kier alpha value is -0.710. The number of nitrogens with zero attached hydrogens (tertiary/aromatic N) is 3. The maximum atomic E-state index is 11.9. The van der Waals surface area contributed by atoms with Crippen LogP contribution in [0.15, 0.2) is 12.2 Å². The lowest BCUT2D eigenvalue weighted by atomic mass is 9.90. The van der Waals surface area contributed by atoms with Gasteiger partial charge in [0.1, 0.15) is 0 Å². The molecule has 0 atom stereocenters. The van der Waals surface area contributed by atoms with Crippen LogP contribution in [0.4, 0.5) is 0 Å². The molecule has 0 aliphatic carbocycles. The summed E-state index contributed by atoms with van der Waals surface area (Å²) in [5, 5.41) is 0. The van der Waals surface area contributed by atoms with Gasteiger partial charge in [-0.3, -0.25) is 19.5 Å². The molecule has 150 valence electrons. The largest absolute Gasteiger partial charge is 0.300 e. The molecule has 2 rings (SSSR count). The molecule has 0 spiro atoms. The molecule has 4 nitrogen and oxygen atoms in total. The number of hydrogen-bond acceptors (Lipinski definition) is 4. The van der Waals surface area contributed by atoms with Gasteiger partial charge in [-0.1, -0.05) is 26.8 Å². The van der Waals surface area contributed by atoms with Gasteiger partial charge in [0.2, 0.25) is 0 Å². The predicted octanol–water partition coefficient (Wildman–Crippen LogP) is 3.43. The first-order valence-electron chi connectivity index (χ1n) is 10.5. The molecule has 2 aliphatic rings. The van der Waals surface area contributed by atoms with Crippen LogP contribution in [-0.4, -0.2) is 77.9 Å². The van der Waals surface area contributed by atoms with Crippen LogP contribution in [0.2, 0.25) is 0 Å². The topological polar surface area (TPSA) is 26.8 Å². The highest BCUT2D eigenvalue weighted by Crippen LogP contribution is 2.22. The van der Waals surface area contributed by atoms with Gasteiger partial charge in [0.15, 0.2) is 5.78 Å². The number of piperazine rings is 1. The molecule has 0 aromatic carbocycles. The number of piperidine rings is 1. The second-order valence-electron chi connectivity index (χ2n) is 10.3. The van der Waals surface area contributed by atoms with Crippen molar-refractivity contribution in [3.63, 3.8) is 0 Å². The van der Waals surface area contributed by atoms with Crippen LogP contribution in [0.1, 0.15) is 60.8 Å². The van der Waals surface area contributed by atoms with Crippen LogP contribution >= 0.6 is 0 Å². The Morgan fingerprint density at radius 1 is 0.923 bits per heavy atom. The van der Waals surface area contributed by atoms with Crippen molar-refractivity contribution in [3.8, 4) is 0 Å². The quantitative estimate of drug-likeness (QED) is 0.699. The van der Waals surface area contributed by atoms with E-state index < -0.39 is 0 Å². The fourth-order valence-electron chi connectivity index (χ4n) is 4.14. The highest BCUT2D eigenvalue weighted by atomic mass is 16.1. The van der Waals surface area contributed by atoms with E-state index in [-0.39, 0.29) is 11.2 Å². The summed E-state index contributed by atoms with van der Waals surface area (Å²) in [5.41, 5.74) is 0.378. The molecule has 0 aromatic heterocycles. The second-order valence-corrected chi connectivity index (χ2v) is 10.3. The van der Waals surface area contributed by atoms with Gasteiger partial charge in [-0.2, -0.15) is 0 Å². The SMILES string of the molecule is CC(C)(C)CC(=O)/C=C/CN1CCC(N2CCN(C(C)(C)C)CC2)CC1. The second kappa shape index (κ2) is 8.99. The van der Waals surface area contributed by atoms with Crippen molar-refractivity contribution in [2.45, 2.75) is 72.4 Å². The van der Waals surface area contributed by atoms with Crippen molar-refractivity contribution in [1.82, 2.24) is 14.7 Å². The Balaban J connectivity index is 1.67. The minimum absolute atomic E-state index is 0.0801. The van der Waals surface area contributed by atoms with Crippen LogP contribution in [0.5, 0.6) is 0 Å². The molecule has 0 amide bonds. The lowest BCUT2D eigenvalue weighted by Gasteiger charge is -2.46. The standard InChI is InChI=1S/C22H41N3O/c1-21(2,3)18-20(26)8-7-11-23-12-9-19(10-13-23)24-14-16-25(17-15-24)22(4,5)6/h7-8,19H,9-18H2,1-6H3/b8-7+. The summed E-state index contributed by atoms with van der Waals surface area (Å²) in [6.45, 7) is 21.4. The number of hydrogen-bond donors (Lipinski definition) is 0. The minimum atomic E-state index is 0.0801. The van der Waals surface area contributed by atoms with Gasteiger partial charge in [-0.05, 0) is 58.2 Å². The summed E-state index contributed by atoms with van der Waals surface area (Å²) in [4.78, 5) is 19.7. The molecule has 0 radical (unpaired) electrons. The van der Waals surface area contributed by atoms with Gasteiger partial charge in [0, 0.05) is 50.7 Å². The highest BCUT2D eigenvalue weighted by molar-refractivity contribution is 5.90. The summed E-state index contributed by atoms with van der Waals surface area (Å²) in [7, 11) is 0. The number of carbonyl (C=O) groups is 1. The van der Waals surface area contributed by atoms with Crippen molar-refractivity contribution in [2.24, 2.45) is 5.41 Å². The maximum absolute atomic E-state index is 11.9. The van der Waals surface area contributed by atoms with E-state index in [0.29, 0.717) is 12.0 Å². The Kier molecular flexibility index (Phi) is 7.46. The predicted molar refractivity (Wildman–Crippen MR) is 111 cm³/mol. The third-order valence-electron chi connectivity index (χ3n) is 5.71. The third-order valence-corrected chi connectivity index (χ3v) is 5.71. The molecule has 26 heavy (non-hydrogen) atoms. The van der Waals surface area contributed by atoms with Crippen LogP contribution in [-0.2, 0) is 4.79 Å². The maximum Gasteiger partial charge on any atom is 0.155 e. The Morgan fingerprint density at radius 3 is 2.00 bits per heavy atom. The highest BCUT2D eigenvalue weighted by Gasteiger charge is 2.30. The molecule has 2 aliphatic heterocycles. The molecular formula is C22H41N3O. The van der Waals surface area contributed by atoms with E-state index in [4.69, 9.17) is 0 Å². The van der Waals surface area contributed by atoms with E-state index in [2.05, 4.69) is 62.3 Å². The molecule has 0 unspecified atom stereocenters. The Bertz CT molecular complexity index is 471.